The SMILES string of the molecule is CCCC(NC(C)c1c(C)nn(CC)c1C)c1cccs1. The molecule has 0 aromatic carbocycles. The number of aryl methyl sites for hydroxylation is 2. The second kappa shape index (κ2) is 7.23. The maximum atomic E-state index is 4.65. The molecular weight excluding hydrogens is 278 g/mol. The molecule has 3 nitrogen and oxygen atoms in total. The van der Waals surface area contributed by atoms with E-state index in [1.54, 1.807) is 0 Å². The lowest BCUT2D eigenvalue weighted by Crippen LogP contribution is -2.25. The van der Waals surface area contributed by atoms with Gasteiger partial charge in [0.05, 0.1) is 5.69 Å². The van der Waals surface area contributed by atoms with Crippen molar-refractivity contribution in [1.82, 2.24) is 15.1 Å². The number of nitrogens with zero attached hydrogens (tertiary/aromatic N) is 2. The summed E-state index contributed by atoms with van der Waals surface area (Å²) in [5.41, 5.74) is 3.79. The van der Waals surface area contributed by atoms with Crippen molar-refractivity contribution in [3.05, 3.63) is 39.3 Å². The molecule has 0 aliphatic heterocycles. The molecule has 0 bridgehead atoms. The van der Waals surface area contributed by atoms with Crippen LogP contribution in [0.2, 0.25) is 0 Å². The zero-order valence-electron chi connectivity index (χ0n) is 13.8. The third-order valence-corrected chi connectivity index (χ3v) is 5.07. The molecule has 0 aliphatic carbocycles. The lowest BCUT2D eigenvalue weighted by Gasteiger charge is -2.23. The minimum Gasteiger partial charge on any atom is -0.302 e. The molecule has 0 radical (unpaired) electrons. The van der Waals surface area contributed by atoms with Crippen LogP contribution in [-0.2, 0) is 6.54 Å². The molecule has 0 aliphatic rings. The Labute approximate surface area is 132 Å². The molecule has 2 aromatic rings. The lowest BCUT2D eigenvalue weighted by molar-refractivity contribution is 0.442. The van der Waals surface area contributed by atoms with Crippen molar-refractivity contribution < 1.29 is 0 Å². The molecule has 2 aromatic heterocycles. The summed E-state index contributed by atoms with van der Waals surface area (Å²) in [4.78, 5) is 1.43. The zero-order chi connectivity index (χ0) is 15.4. The highest BCUT2D eigenvalue weighted by Gasteiger charge is 2.21. The summed E-state index contributed by atoms with van der Waals surface area (Å²) in [5, 5.41) is 10.6. The van der Waals surface area contributed by atoms with Gasteiger partial charge in [-0.3, -0.25) is 4.68 Å². The largest absolute Gasteiger partial charge is 0.302 e. The van der Waals surface area contributed by atoms with E-state index >= 15 is 0 Å². The fourth-order valence-corrected chi connectivity index (χ4v) is 3.94. The standard InChI is InChI=1S/C17H27N3S/c1-6-9-15(16-10-8-11-21-16)18-12(3)17-13(4)19-20(7-2)14(17)5/h8,10-12,15,18H,6-7,9H2,1-5H3. The minimum atomic E-state index is 0.323. The first-order chi connectivity index (χ1) is 10.1. The Bertz CT molecular complexity index is 557. The minimum absolute atomic E-state index is 0.323. The van der Waals surface area contributed by atoms with Crippen molar-refractivity contribution >= 4 is 11.3 Å². The summed E-state index contributed by atoms with van der Waals surface area (Å²) in [6.07, 6.45) is 2.36. The molecule has 116 valence electrons. The first-order valence-electron chi connectivity index (χ1n) is 7.91. The van der Waals surface area contributed by atoms with E-state index in [1.807, 2.05) is 11.3 Å². The van der Waals surface area contributed by atoms with Gasteiger partial charge in [0.15, 0.2) is 0 Å². The fraction of sp³-hybridized carbons (Fsp3) is 0.588. The van der Waals surface area contributed by atoms with Gasteiger partial charge in [0, 0.05) is 34.8 Å². The van der Waals surface area contributed by atoms with E-state index in [0.717, 1.165) is 12.2 Å². The Balaban J connectivity index is 2.19. The van der Waals surface area contributed by atoms with E-state index < -0.39 is 0 Å². The molecule has 2 atom stereocenters. The van der Waals surface area contributed by atoms with Crippen molar-refractivity contribution in [2.24, 2.45) is 0 Å². The molecule has 4 heteroatoms. The molecule has 2 unspecified atom stereocenters. The normalized spacial score (nSPS) is 14.3. The van der Waals surface area contributed by atoms with E-state index in [0.29, 0.717) is 12.1 Å². The number of aromatic nitrogens is 2. The van der Waals surface area contributed by atoms with Gasteiger partial charge in [0.1, 0.15) is 0 Å². The van der Waals surface area contributed by atoms with Crippen LogP contribution in [0.1, 0.15) is 67.5 Å². The Hall–Kier alpha value is -1.13. The smallest absolute Gasteiger partial charge is 0.0644 e. The highest BCUT2D eigenvalue weighted by Crippen LogP contribution is 2.29. The topological polar surface area (TPSA) is 29.9 Å². The predicted molar refractivity (Wildman–Crippen MR) is 90.9 cm³/mol. The monoisotopic (exact) mass is 305 g/mol. The van der Waals surface area contributed by atoms with Gasteiger partial charge in [-0.05, 0) is 45.6 Å². The van der Waals surface area contributed by atoms with Crippen LogP contribution >= 0.6 is 11.3 Å². The van der Waals surface area contributed by atoms with Gasteiger partial charge in [-0.1, -0.05) is 19.4 Å². The van der Waals surface area contributed by atoms with Crippen LogP contribution in [0.4, 0.5) is 0 Å². The number of hydrogen-bond donors (Lipinski definition) is 1. The summed E-state index contributed by atoms with van der Waals surface area (Å²) in [5.74, 6) is 0. The average molecular weight is 305 g/mol. The van der Waals surface area contributed by atoms with Gasteiger partial charge in [-0.25, -0.2) is 0 Å². The molecule has 2 heterocycles. The van der Waals surface area contributed by atoms with Gasteiger partial charge >= 0.3 is 0 Å². The molecule has 0 saturated heterocycles. The van der Waals surface area contributed by atoms with Gasteiger partial charge in [-0.15, -0.1) is 11.3 Å². The van der Waals surface area contributed by atoms with Crippen LogP contribution in [0.5, 0.6) is 0 Å². The summed E-state index contributed by atoms with van der Waals surface area (Å²) in [6.45, 7) is 11.9. The predicted octanol–water partition coefficient (Wildman–Crippen LogP) is 4.77. The molecule has 1 N–H and O–H groups in total. The summed E-state index contributed by atoms with van der Waals surface area (Å²) in [7, 11) is 0. The quantitative estimate of drug-likeness (QED) is 0.798. The number of thiophene rings is 1. The van der Waals surface area contributed by atoms with Gasteiger partial charge in [-0.2, -0.15) is 5.10 Å². The van der Waals surface area contributed by atoms with Crippen molar-refractivity contribution in [3.8, 4) is 0 Å². The van der Waals surface area contributed by atoms with E-state index in [-0.39, 0.29) is 0 Å². The van der Waals surface area contributed by atoms with Crippen molar-refractivity contribution in [3.63, 3.8) is 0 Å². The van der Waals surface area contributed by atoms with E-state index in [4.69, 9.17) is 0 Å². The number of nitrogens with one attached hydrogen (secondary N) is 1. The molecule has 2 rings (SSSR count). The second-order valence-corrected chi connectivity index (χ2v) is 6.62. The van der Waals surface area contributed by atoms with Crippen LogP contribution < -0.4 is 5.32 Å². The highest BCUT2D eigenvalue weighted by molar-refractivity contribution is 7.10. The Morgan fingerprint density at radius 1 is 1.33 bits per heavy atom. The van der Waals surface area contributed by atoms with Crippen LogP contribution in [0.25, 0.3) is 0 Å². The lowest BCUT2D eigenvalue weighted by atomic mass is 10.0. The maximum Gasteiger partial charge on any atom is 0.0644 e. The van der Waals surface area contributed by atoms with Crippen LogP contribution in [0, 0.1) is 13.8 Å². The van der Waals surface area contributed by atoms with Gasteiger partial charge in [0.2, 0.25) is 0 Å². The fourth-order valence-electron chi connectivity index (χ4n) is 3.12. The molecular formula is C17H27N3S. The van der Waals surface area contributed by atoms with Crippen molar-refractivity contribution in [1.29, 1.82) is 0 Å². The van der Waals surface area contributed by atoms with Gasteiger partial charge in [0.25, 0.3) is 0 Å². The summed E-state index contributed by atoms with van der Waals surface area (Å²) in [6, 6.07) is 5.14. The summed E-state index contributed by atoms with van der Waals surface area (Å²) >= 11 is 1.84. The van der Waals surface area contributed by atoms with E-state index in [9.17, 15) is 0 Å². The maximum absolute atomic E-state index is 4.65. The van der Waals surface area contributed by atoms with Crippen LogP contribution in [0.3, 0.4) is 0 Å². The van der Waals surface area contributed by atoms with Crippen molar-refractivity contribution in [2.45, 2.75) is 66.1 Å². The second-order valence-electron chi connectivity index (χ2n) is 5.65. The van der Waals surface area contributed by atoms with Crippen LogP contribution in [-0.4, -0.2) is 9.78 Å². The molecule has 0 amide bonds. The zero-order valence-corrected chi connectivity index (χ0v) is 14.6. The third-order valence-electron chi connectivity index (χ3n) is 4.09. The third kappa shape index (κ3) is 3.55. The Morgan fingerprint density at radius 3 is 2.62 bits per heavy atom. The molecule has 0 fully saturated rings. The first kappa shape index (κ1) is 16.2. The average Bonchev–Trinajstić information content (AvgIpc) is 3.06. The van der Waals surface area contributed by atoms with Gasteiger partial charge < -0.3 is 5.32 Å². The van der Waals surface area contributed by atoms with Crippen molar-refractivity contribution in [2.75, 3.05) is 0 Å². The number of rotatable bonds is 7. The Morgan fingerprint density at radius 2 is 2.10 bits per heavy atom. The highest BCUT2D eigenvalue weighted by atomic mass is 32.1. The Kier molecular flexibility index (Phi) is 5.59. The summed E-state index contributed by atoms with van der Waals surface area (Å²) < 4.78 is 2.10. The molecule has 0 saturated carbocycles. The molecule has 21 heavy (non-hydrogen) atoms. The molecule has 0 spiro atoms. The first-order valence-corrected chi connectivity index (χ1v) is 8.79. The van der Waals surface area contributed by atoms with E-state index in [2.05, 4.69) is 67.2 Å². The van der Waals surface area contributed by atoms with Crippen LogP contribution in [0.15, 0.2) is 17.5 Å². The van der Waals surface area contributed by atoms with E-state index in [1.165, 1.54) is 29.0 Å². The number of hydrogen-bond acceptors (Lipinski definition) is 3.